The molecule has 0 saturated heterocycles. The normalized spacial score (nSPS) is 10.2. The molecule has 30 heavy (non-hydrogen) atoms. The lowest BCUT2D eigenvalue weighted by Crippen LogP contribution is -2.12. The predicted octanol–water partition coefficient (Wildman–Crippen LogP) is 5.25. The molecule has 0 saturated carbocycles. The Bertz CT molecular complexity index is 1100. The fraction of sp³-hybridized carbons (Fsp3) is 0.0476. The topological polar surface area (TPSA) is 111 Å². The van der Waals surface area contributed by atoms with Crippen LogP contribution in [0.25, 0.3) is 0 Å². The number of amides is 2. The first-order chi connectivity index (χ1) is 14.3. The lowest BCUT2D eigenvalue weighted by molar-refractivity contribution is -0.385. The minimum Gasteiger partial charge on any atom is -0.449 e. The van der Waals surface area contributed by atoms with Crippen molar-refractivity contribution in [2.75, 3.05) is 10.6 Å². The summed E-state index contributed by atoms with van der Waals surface area (Å²) < 4.78 is 5.56. The number of nitro groups is 1. The van der Waals surface area contributed by atoms with Gasteiger partial charge in [0.15, 0.2) is 0 Å². The number of para-hydroxylation sites is 1. The van der Waals surface area contributed by atoms with Crippen LogP contribution in [0.5, 0.6) is 11.5 Å². The number of nitro benzene ring substituents is 1. The fourth-order valence-corrected chi connectivity index (χ4v) is 2.79. The van der Waals surface area contributed by atoms with E-state index in [9.17, 15) is 19.7 Å². The molecule has 3 aromatic rings. The first kappa shape index (κ1) is 20.8. The van der Waals surface area contributed by atoms with Crippen LogP contribution in [-0.2, 0) is 4.79 Å². The van der Waals surface area contributed by atoms with Gasteiger partial charge in [-0.05, 0) is 54.6 Å². The van der Waals surface area contributed by atoms with Crippen molar-refractivity contribution in [2.45, 2.75) is 6.92 Å². The minimum absolute atomic E-state index is 0.0689. The number of carbonyl (C=O) groups excluding carboxylic acids is 2. The van der Waals surface area contributed by atoms with Crippen molar-refractivity contribution in [3.63, 3.8) is 0 Å². The number of ether oxygens (including phenoxy) is 1. The van der Waals surface area contributed by atoms with E-state index in [2.05, 4.69) is 10.6 Å². The van der Waals surface area contributed by atoms with Gasteiger partial charge in [-0.1, -0.05) is 17.7 Å². The maximum absolute atomic E-state index is 12.4. The van der Waals surface area contributed by atoms with Crippen LogP contribution in [0, 0.1) is 10.1 Å². The molecule has 0 spiro atoms. The number of benzene rings is 3. The number of nitrogens with one attached hydrogen (secondary N) is 2. The van der Waals surface area contributed by atoms with Gasteiger partial charge in [-0.25, -0.2) is 0 Å². The number of nitrogens with zero attached hydrogens (tertiary/aromatic N) is 1. The molecular formula is C21H16ClN3O5. The SMILES string of the molecule is CC(=O)Nc1ccc(NC(=O)c2ccc(Oc3c(Cl)cccc3[N+](=O)[O-])cc2)cc1. The van der Waals surface area contributed by atoms with E-state index in [0.29, 0.717) is 22.7 Å². The molecule has 3 rings (SSSR count). The summed E-state index contributed by atoms with van der Waals surface area (Å²) in [4.78, 5) is 34.0. The summed E-state index contributed by atoms with van der Waals surface area (Å²) in [6, 6.07) is 17.0. The van der Waals surface area contributed by atoms with E-state index in [-0.39, 0.29) is 28.3 Å². The first-order valence-electron chi connectivity index (χ1n) is 8.73. The zero-order chi connectivity index (χ0) is 21.7. The Labute approximate surface area is 176 Å². The van der Waals surface area contributed by atoms with Crippen molar-refractivity contribution in [1.82, 2.24) is 0 Å². The van der Waals surface area contributed by atoms with Crippen LogP contribution in [0.3, 0.4) is 0 Å². The lowest BCUT2D eigenvalue weighted by Gasteiger charge is -2.09. The molecule has 9 heteroatoms. The molecule has 152 valence electrons. The first-order valence-corrected chi connectivity index (χ1v) is 9.11. The smallest absolute Gasteiger partial charge is 0.313 e. The van der Waals surface area contributed by atoms with E-state index in [4.69, 9.17) is 16.3 Å². The van der Waals surface area contributed by atoms with Gasteiger partial charge in [0.05, 0.1) is 9.95 Å². The third kappa shape index (κ3) is 5.12. The maximum Gasteiger partial charge on any atom is 0.313 e. The van der Waals surface area contributed by atoms with Gasteiger partial charge >= 0.3 is 5.69 Å². The van der Waals surface area contributed by atoms with Crippen LogP contribution in [0.2, 0.25) is 5.02 Å². The molecule has 0 heterocycles. The van der Waals surface area contributed by atoms with Crippen LogP contribution in [0.1, 0.15) is 17.3 Å². The number of carbonyl (C=O) groups is 2. The summed E-state index contributed by atoms with van der Waals surface area (Å²) in [6.07, 6.45) is 0. The second-order valence-corrected chi connectivity index (χ2v) is 6.59. The van der Waals surface area contributed by atoms with Gasteiger partial charge in [0.2, 0.25) is 11.7 Å². The zero-order valence-electron chi connectivity index (χ0n) is 15.7. The van der Waals surface area contributed by atoms with Crippen LogP contribution in [-0.4, -0.2) is 16.7 Å². The molecule has 0 aliphatic rings. The number of halogens is 1. The van der Waals surface area contributed by atoms with E-state index >= 15 is 0 Å². The maximum atomic E-state index is 12.4. The molecule has 0 unspecified atom stereocenters. The van der Waals surface area contributed by atoms with Gasteiger partial charge in [0, 0.05) is 29.9 Å². The quantitative estimate of drug-likeness (QED) is 0.414. The molecule has 2 N–H and O–H groups in total. The van der Waals surface area contributed by atoms with Crippen LogP contribution in [0.4, 0.5) is 17.1 Å². The Balaban J connectivity index is 1.69. The summed E-state index contributed by atoms with van der Waals surface area (Å²) in [5.74, 6) is -0.309. The summed E-state index contributed by atoms with van der Waals surface area (Å²) in [6.45, 7) is 1.41. The van der Waals surface area contributed by atoms with E-state index < -0.39 is 4.92 Å². The molecule has 0 atom stereocenters. The third-order valence-electron chi connectivity index (χ3n) is 3.94. The number of anilines is 2. The van der Waals surface area contributed by atoms with E-state index in [1.165, 1.54) is 49.4 Å². The van der Waals surface area contributed by atoms with Crippen molar-refractivity contribution < 1.29 is 19.2 Å². The molecule has 0 aliphatic heterocycles. The van der Waals surface area contributed by atoms with Gasteiger partial charge in [-0.3, -0.25) is 19.7 Å². The van der Waals surface area contributed by atoms with Crippen LogP contribution < -0.4 is 15.4 Å². The van der Waals surface area contributed by atoms with Crippen molar-refractivity contribution in [3.8, 4) is 11.5 Å². The Kier molecular flexibility index (Phi) is 6.29. The summed E-state index contributed by atoms with van der Waals surface area (Å²) in [5, 5.41) is 16.6. The minimum atomic E-state index is -0.583. The Morgan fingerprint density at radius 1 is 0.933 bits per heavy atom. The second kappa shape index (κ2) is 9.06. The van der Waals surface area contributed by atoms with Gasteiger partial charge in [-0.2, -0.15) is 0 Å². The van der Waals surface area contributed by atoms with Crippen molar-refractivity contribution in [1.29, 1.82) is 0 Å². The van der Waals surface area contributed by atoms with Gasteiger partial charge in [0.1, 0.15) is 5.75 Å². The third-order valence-corrected chi connectivity index (χ3v) is 4.24. The van der Waals surface area contributed by atoms with Crippen LogP contribution >= 0.6 is 11.6 Å². The average Bonchev–Trinajstić information content (AvgIpc) is 2.71. The van der Waals surface area contributed by atoms with Crippen molar-refractivity contribution in [3.05, 3.63) is 87.4 Å². The zero-order valence-corrected chi connectivity index (χ0v) is 16.5. The van der Waals surface area contributed by atoms with E-state index in [1.54, 1.807) is 24.3 Å². The highest BCUT2D eigenvalue weighted by Gasteiger charge is 2.19. The number of rotatable bonds is 6. The Morgan fingerprint density at radius 2 is 1.53 bits per heavy atom. The van der Waals surface area contributed by atoms with E-state index in [1.807, 2.05) is 0 Å². The summed E-state index contributed by atoms with van der Waals surface area (Å²) in [7, 11) is 0. The molecule has 0 bridgehead atoms. The molecule has 0 fully saturated rings. The highest BCUT2D eigenvalue weighted by atomic mass is 35.5. The fourth-order valence-electron chi connectivity index (χ4n) is 2.58. The molecule has 0 aromatic heterocycles. The van der Waals surface area contributed by atoms with Crippen molar-refractivity contribution >= 4 is 40.5 Å². The molecule has 3 aromatic carbocycles. The van der Waals surface area contributed by atoms with E-state index in [0.717, 1.165) is 0 Å². The molecule has 0 aliphatic carbocycles. The van der Waals surface area contributed by atoms with Gasteiger partial charge in [-0.15, -0.1) is 0 Å². The molecule has 8 nitrogen and oxygen atoms in total. The Morgan fingerprint density at radius 3 is 2.10 bits per heavy atom. The van der Waals surface area contributed by atoms with Gasteiger partial charge < -0.3 is 15.4 Å². The summed E-state index contributed by atoms with van der Waals surface area (Å²) >= 11 is 6.02. The largest absolute Gasteiger partial charge is 0.449 e. The monoisotopic (exact) mass is 425 g/mol. The highest BCUT2D eigenvalue weighted by molar-refractivity contribution is 6.32. The second-order valence-electron chi connectivity index (χ2n) is 6.18. The average molecular weight is 426 g/mol. The lowest BCUT2D eigenvalue weighted by atomic mass is 10.2. The number of hydrogen-bond acceptors (Lipinski definition) is 5. The number of hydrogen-bond donors (Lipinski definition) is 2. The molecule has 0 radical (unpaired) electrons. The highest BCUT2D eigenvalue weighted by Crippen LogP contribution is 2.37. The standard InChI is InChI=1S/C21H16ClN3O5/c1-13(26)23-15-7-9-16(10-8-15)24-21(27)14-5-11-17(12-6-14)30-20-18(22)3-2-4-19(20)25(28)29/h2-12H,1H3,(H,23,26)(H,24,27). The molecular weight excluding hydrogens is 410 g/mol. The van der Waals surface area contributed by atoms with Gasteiger partial charge in [0.25, 0.3) is 5.91 Å². The molecule has 2 amide bonds. The summed E-state index contributed by atoms with van der Waals surface area (Å²) in [5.41, 5.74) is 1.28. The van der Waals surface area contributed by atoms with Crippen LogP contribution in [0.15, 0.2) is 66.7 Å². The Hall–Kier alpha value is -3.91. The predicted molar refractivity (Wildman–Crippen MR) is 113 cm³/mol. The van der Waals surface area contributed by atoms with Crippen molar-refractivity contribution in [2.24, 2.45) is 0 Å².